The molecule has 0 radical (unpaired) electrons. The number of nitrogen functional groups attached to an aromatic ring is 1. The summed E-state index contributed by atoms with van der Waals surface area (Å²) < 4.78 is 0. The molecule has 3 N–H and O–H groups in total. The highest BCUT2D eigenvalue weighted by Crippen LogP contribution is 2.29. The van der Waals surface area contributed by atoms with Gasteiger partial charge in [0.2, 0.25) is 0 Å². The summed E-state index contributed by atoms with van der Waals surface area (Å²) in [6, 6.07) is 6.71. The van der Waals surface area contributed by atoms with Crippen LogP contribution in [-0.4, -0.2) is 10.1 Å². The summed E-state index contributed by atoms with van der Waals surface area (Å²) in [7, 11) is 0. The Hall–Kier alpha value is -1.29. The molecule has 0 saturated carbocycles. The monoisotopic (exact) mass is 282 g/mol. The van der Waals surface area contributed by atoms with Gasteiger partial charge in [0, 0.05) is 34.5 Å². The molecule has 2 rings (SSSR count). The first-order chi connectivity index (χ1) is 8.58. The van der Waals surface area contributed by atoms with E-state index in [4.69, 9.17) is 28.9 Å². The lowest BCUT2D eigenvalue weighted by Gasteiger charge is -2.14. The molecule has 18 heavy (non-hydrogen) atoms. The minimum absolute atomic E-state index is 0.362. The van der Waals surface area contributed by atoms with Gasteiger partial charge in [0.1, 0.15) is 0 Å². The third kappa shape index (κ3) is 2.93. The van der Waals surface area contributed by atoms with Crippen LogP contribution in [-0.2, 0) is 6.42 Å². The summed E-state index contributed by atoms with van der Waals surface area (Å²) in [6.45, 7) is 0. The van der Waals surface area contributed by atoms with Crippen LogP contribution in [0, 0.1) is 0 Å². The Labute approximate surface area is 115 Å². The summed E-state index contributed by atoms with van der Waals surface area (Å²) in [5.74, 6) is 0. The van der Waals surface area contributed by atoms with Gasteiger partial charge in [-0.05, 0) is 29.3 Å². The lowest BCUT2D eigenvalue weighted by Crippen LogP contribution is -2.05. The summed E-state index contributed by atoms with van der Waals surface area (Å²) in [6.07, 6.45) is 2.88. The molecular formula is C13H12Cl2N2O. The second-order valence-electron chi connectivity index (χ2n) is 3.96. The van der Waals surface area contributed by atoms with Crippen LogP contribution in [0.1, 0.15) is 17.2 Å². The number of rotatable bonds is 3. The Kier molecular flexibility index (Phi) is 4.07. The topological polar surface area (TPSA) is 59.1 Å². The van der Waals surface area contributed by atoms with E-state index in [1.165, 1.54) is 0 Å². The molecular weight excluding hydrogens is 271 g/mol. The summed E-state index contributed by atoms with van der Waals surface area (Å²) in [5.41, 5.74) is 7.83. The first-order valence-electron chi connectivity index (χ1n) is 5.39. The Morgan fingerprint density at radius 3 is 2.72 bits per heavy atom. The van der Waals surface area contributed by atoms with E-state index >= 15 is 0 Å². The fourth-order valence-corrected chi connectivity index (χ4v) is 2.23. The number of anilines is 1. The van der Waals surface area contributed by atoms with Crippen LogP contribution in [0.3, 0.4) is 0 Å². The maximum Gasteiger partial charge on any atom is 0.0846 e. The maximum absolute atomic E-state index is 10.2. The molecule has 3 nitrogen and oxygen atoms in total. The molecule has 2 aromatic rings. The average Bonchev–Trinajstić information content (AvgIpc) is 2.32. The maximum atomic E-state index is 10.2. The molecule has 1 atom stereocenters. The van der Waals surface area contributed by atoms with E-state index in [9.17, 15) is 5.11 Å². The van der Waals surface area contributed by atoms with Crippen molar-refractivity contribution < 1.29 is 5.11 Å². The average molecular weight is 283 g/mol. The van der Waals surface area contributed by atoms with Gasteiger partial charge in [0.25, 0.3) is 0 Å². The van der Waals surface area contributed by atoms with Gasteiger partial charge in [0.15, 0.2) is 0 Å². The highest BCUT2D eigenvalue weighted by Gasteiger charge is 2.14. The molecule has 1 heterocycles. The number of nitrogens with two attached hydrogens (primary N) is 1. The fourth-order valence-electron chi connectivity index (χ4n) is 1.70. The van der Waals surface area contributed by atoms with Crippen molar-refractivity contribution in [2.24, 2.45) is 0 Å². The fraction of sp³-hybridized carbons (Fsp3) is 0.154. The van der Waals surface area contributed by atoms with Crippen LogP contribution >= 0.6 is 23.2 Å². The van der Waals surface area contributed by atoms with Crippen molar-refractivity contribution in [3.8, 4) is 0 Å². The van der Waals surface area contributed by atoms with E-state index < -0.39 is 6.10 Å². The third-order valence-electron chi connectivity index (χ3n) is 2.68. The van der Waals surface area contributed by atoms with Crippen molar-refractivity contribution in [2.75, 3.05) is 5.73 Å². The minimum atomic E-state index is -0.735. The van der Waals surface area contributed by atoms with Crippen molar-refractivity contribution in [1.29, 1.82) is 0 Å². The zero-order valence-electron chi connectivity index (χ0n) is 9.48. The minimum Gasteiger partial charge on any atom is -0.398 e. The highest BCUT2D eigenvalue weighted by atomic mass is 35.5. The summed E-state index contributed by atoms with van der Waals surface area (Å²) in [5, 5.41) is 11.1. The number of aliphatic hydroxyl groups is 1. The number of aliphatic hydroxyl groups excluding tert-OH is 1. The first-order valence-corrected chi connectivity index (χ1v) is 6.15. The number of benzene rings is 1. The Bertz CT molecular complexity index is 560. The molecule has 5 heteroatoms. The molecule has 0 aliphatic heterocycles. The number of nitrogens with zero attached hydrogens (tertiary/aromatic N) is 1. The third-order valence-corrected chi connectivity index (χ3v) is 3.24. The first kappa shape index (κ1) is 13.1. The van der Waals surface area contributed by atoms with Crippen LogP contribution in [0.4, 0.5) is 5.69 Å². The van der Waals surface area contributed by atoms with Gasteiger partial charge in [-0.3, -0.25) is 4.98 Å². The predicted molar refractivity (Wildman–Crippen MR) is 73.8 cm³/mol. The van der Waals surface area contributed by atoms with Crippen molar-refractivity contribution in [3.63, 3.8) is 0 Å². The van der Waals surface area contributed by atoms with Crippen LogP contribution in [0.25, 0.3) is 0 Å². The summed E-state index contributed by atoms with van der Waals surface area (Å²) >= 11 is 11.9. The number of hydrogen-bond acceptors (Lipinski definition) is 3. The molecule has 1 aromatic heterocycles. The second-order valence-corrected chi connectivity index (χ2v) is 4.80. The van der Waals surface area contributed by atoms with E-state index in [1.807, 2.05) is 0 Å². The normalized spacial score (nSPS) is 12.4. The van der Waals surface area contributed by atoms with E-state index in [0.29, 0.717) is 27.7 Å². The number of halogens is 2. The molecule has 1 aromatic carbocycles. The Morgan fingerprint density at radius 2 is 2.06 bits per heavy atom. The van der Waals surface area contributed by atoms with Gasteiger partial charge in [-0.15, -0.1) is 0 Å². The molecule has 0 aliphatic carbocycles. The SMILES string of the molecule is Nc1ccncc1CC(O)c1ccc(Cl)cc1Cl. The van der Waals surface area contributed by atoms with Crippen LogP contribution in [0.15, 0.2) is 36.7 Å². The number of hydrogen-bond donors (Lipinski definition) is 2. The van der Waals surface area contributed by atoms with Crippen molar-refractivity contribution in [2.45, 2.75) is 12.5 Å². The highest BCUT2D eigenvalue weighted by molar-refractivity contribution is 6.35. The van der Waals surface area contributed by atoms with Crippen LogP contribution in [0.2, 0.25) is 10.0 Å². The standard InChI is InChI=1S/C13H12Cl2N2O/c14-9-1-2-10(11(15)6-9)13(18)5-8-7-17-4-3-12(8)16/h1-4,6-7,13,18H,5H2,(H2,16,17). The van der Waals surface area contributed by atoms with Crippen LogP contribution in [0.5, 0.6) is 0 Å². The van der Waals surface area contributed by atoms with Gasteiger partial charge in [0.05, 0.1) is 6.10 Å². The van der Waals surface area contributed by atoms with Gasteiger partial charge >= 0.3 is 0 Å². The second kappa shape index (κ2) is 5.57. The lowest BCUT2D eigenvalue weighted by atomic mass is 10.0. The van der Waals surface area contributed by atoms with Gasteiger partial charge < -0.3 is 10.8 Å². The molecule has 0 amide bonds. The van der Waals surface area contributed by atoms with Crippen molar-refractivity contribution >= 4 is 28.9 Å². The van der Waals surface area contributed by atoms with E-state index in [1.54, 1.807) is 36.7 Å². The van der Waals surface area contributed by atoms with Gasteiger partial charge in [-0.1, -0.05) is 29.3 Å². The van der Waals surface area contributed by atoms with Crippen LogP contribution < -0.4 is 5.73 Å². The predicted octanol–water partition coefficient (Wildman–Crippen LogP) is 3.25. The number of aromatic nitrogens is 1. The number of pyridine rings is 1. The molecule has 0 aliphatic rings. The molecule has 0 bridgehead atoms. The van der Waals surface area contributed by atoms with Gasteiger partial charge in [-0.25, -0.2) is 0 Å². The molecule has 0 saturated heterocycles. The van der Waals surface area contributed by atoms with E-state index in [2.05, 4.69) is 4.98 Å². The quantitative estimate of drug-likeness (QED) is 0.909. The lowest BCUT2D eigenvalue weighted by molar-refractivity contribution is 0.178. The molecule has 0 fully saturated rings. The molecule has 0 spiro atoms. The summed E-state index contributed by atoms with van der Waals surface area (Å²) in [4.78, 5) is 3.98. The van der Waals surface area contributed by atoms with Gasteiger partial charge in [-0.2, -0.15) is 0 Å². The zero-order chi connectivity index (χ0) is 13.1. The Morgan fingerprint density at radius 1 is 1.28 bits per heavy atom. The molecule has 1 unspecified atom stereocenters. The Balaban J connectivity index is 2.22. The van der Waals surface area contributed by atoms with Crippen molar-refractivity contribution in [1.82, 2.24) is 4.98 Å². The van der Waals surface area contributed by atoms with E-state index in [-0.39, 0.29) is 0 Å². The molecule has 94 valence electrons. The largest absolute Gasteiger partial charge is 0.398 e. The van der Waals surface area contributed by atoms with E-state index in [0.717, 1.165) is 5.56 Å². The van der Waals surface area contributed by atoms with Crippen molar-refractivity contribution in [3.05, 3.63) is 57.8 Å². The smallest absolute Gasteiger partial charge is 0.0846 e. The zero-order valence-corrected chi connectivity index (χ0v) is 11.0.